The maximum absolute atomic E-state index is 12.8. The molecule has 0 amide bonds. The number of allylic oxidation sites excluding steroid dienone is 6. The topological polar surface area (TPSA) is 152 Å². The predicted molar refractivity (Wildman–Crippen MR) is 224 cm³/mol. The van der Waals surface area contributed by atoms with Crippen molar-refractivity contribution in [2.75, 3.05) is 19.8 Å². The molecule has 6 atom stereocenters. The van der Waals surface area contributed by atoms with E-state index in [0.29, 0.717) is 12.8 Å². The van der Waals surface area contributed by atoms with Crippen LogP contribution in [-0.4, -0.2) is 89.0 Å². The summed E-state index contributed by atoms with van der Waals surface area (Å²) < 4.78 is 22.1. The van der Waals surface area contributed by atoms with Crippen LogP contribution in [0.15, 0.2) is 36.5 Å². The minimum Gasteiger partial charge on any atom is -0.462 e. The number of aliphatic hydroxyl groups excluding tert-OH is 4. The van der Waals surface area contributed by atoms with Crippen LogP contribution >= 0.6 is 0 Å². The zero-order valence-corrected chi connectivity index (χ0v) is 35.4. The first kappa shape index (κ1) is 51.9. The second-order valence-electron chi connectivity index (χ2n) is 15.5. The van der Waals surface area contributed by atoms with Gasteiger partial charge in [0, 0.05) is 12.8 Å². The largest absolute Gasteiger partial charge is 0.462 e. The van der Waals surface area contributed by atoms with Gasteiger partial charge in [-0.2, -0.15) is 0 Å². The average molecular weight is 795 g/mol. The molecule has 0 saturated carbocycles. The number of carbonyl (C=O) groups excluding carboxylic acids is 2. The first-order valence-corrected chi connectivity index (χ1v) is 22.6. The fraction of sp³-hybridized carbons (Fsp3) is 0.826. The molecule has 1 aliphatic heterocycles. The molecule has 4 N–H and O–H groups in total. The fourth-order valence-corrected chi connectivity index (χ4v) is 6.63. The van der Waals surface area contributed by atoms with E-state index in [2.05, 4.69) is 50.3 Å². The predicted octanol–water partition coefficient (Wildman–Crippen LogP) is 9.50. The first-order valence-electron chi connectivity index (χ1n) is 22.6. The lowest BCUT2D eigenvalue weighted by Gasteiger charge is -2.39. The van der Waals surface area contributed by atoms with Gasteiger partial charge in [0.15, 0.2) is 12.4 Å². The monoisotopic (exact) mass is 795 g/mol. The smallest absolute Gasteiger partial charge is 0.306 e. The van der Waals surface area contributed by atoms with Gasteiger partial charge in [-0.1, -0.05) is 147 Å². The van der Waals surface area contributed by atoms with Crippen molar-refractivity contribution in [2.45, 2.75) is 224 Å². The van der Waals surface area contributed by atoms with Crippen molar-refractivity contribution < 1.29 is 49.0 Å². The number of aliphatic hydroxyl groups is 4. The summed E-state index contributed by atoms with van der Waals surface area (Å²) in [6, 6.07) is 0. The summed E-state index contributed by atoms with van der Waals surface area (Å²) in [5.74, 6) is -0.823. The van der Waals surface area contributed by atoms with Crippen molar-refractivity contribution in [3.05, 3.63) is 36.5 Å². The number of rotatable bonds is 37. The van der Waals surface area contributed by atoms with E-state index in [1.165, 1.54) is 77.0 Å². The fourth-order valence-electron chi connectivity index (χ4n) is 6.63. The van der Waals surface area contributed by atoms with Gasteiger partial charge in [-0.25, -0.2) is 0 Å². The minimum absolute atomic E-state index is 0.223. The van der Waals surface area contributed by atoms with Gasteiger partial charge >= 0.3 is 11.9 Å². The Hall–Kier alpha value is -2.08. The molecule has 326 valence electrons. The van der Waals surface area contributed by atoms with E-state index in [1.807, 2.05) is 0 Å². The second-order valence-corrected chi connectivity index (χ2v) is 15.5. The van der Waals surface area contributed by atoms with Gasteiger partial charge in [0.2, 0.25) is 0 Å². The molecule has 0 bridgehead atoms. The quantitative estimate of drug-likeness (QED) is 0.0272. The maximum Gasteiger partial charge on any atom is 0.306 e. The van der Waals surface area contributed by atoms with Crippen LogP contribution in [0.1, 0.15) is 187 Å². The van der Waals surface area contributed by atoms with E-state index < -0.39 is 49.4 Å². The van der Waals surface area contributed by atoms with Crippen molar-refractivity contribution in [2.24, 2.45) is 0 Å². The lowest BCUT2D eigenvalue weighted by atomic mass is 9.99. The maximum atomic E-state index is 12.8. The van der Waals surface area contributed by atoms with Crippen LogP contribution in [0.2, 0.25) is 0 Å². The van der Waals surface area contributed by atoms with E-state index in [4.69, 9.17) is 18.9 Å². The Morgan fingerprint density at radius 3 is 1.57 bits per heavy atom. The van der Waals surface area contributed by atoms with Gasteiger partial charge in [0.05, 0.1) is 13.2 Å². The van der Waals surface area contributed by atoms with Gasteiger partial charge in [0.25, 0.3) is 0 Å². The van der Waals surface area contributed by atoms with Gasteiger partial charge in [-0.15, -0.1) is 0 Å². The highest BCUT2D eigenvalue weighted by molar-refractivity contribution is 5.70. The standard InChI is InChI=1S/C46H82O10/c1-3-5-7-9-11-13-15-16-17-18-19-20-21-22-23-24-25-27-29-31-33-35-42(49)55-39(38-54-46-45(52)44(51)43(50)40(36-47)56-46)37-53-41(48)34-32-30-28-26-14-12-10-8-6-4-2/h8,10,15-16,18-19,39-40,43-47,50-52H,3-7,9,11-14,17,20-38H2,1-2H3/b10-8-,16-15-,19-18-. The van der Waals surface area contributed by atoms with Gasteiger partial charge < -0.3 is 39.4 Å². The van der Waals surface area contributed by atoms with Gasteiger partial charge in [0.1, 0.15) is 31.0 Å². The van der Waals surface area contributed by atoms with E-state index in [-0.39, 0.29) is 32.0 Å². The van der Waals surface area contributed by atoms with Crippen LogP contribution in [-0.2, 0) is 28.5 Å². The number of esters is 2. The zero-order valence-electron chi connectivity index (χ0n) is 35.4. The Balaban J connectivity index is 2.29. The van der Waals surface area contributed by atoms with Crippen LogP contribution in [0, 0.1) is 0 Å². The molecule has 1 fully saturated rings. The normalized spacial score (nSPS) is 20.7. The molecule has 56 heavy (non-hydrogen) atoms. The van der Waals surface area contributed by atoms with Crippen molar-refractivity contribution in [1.82, 2.24) is 0 Å². The molecule has 1 rings (SSSR count). The second kappa shape index (κ2) is 37.2. The average Bonchev–Trinajstić information content (AvgIpc) is 3.19. The molecule has 6 unspecified atom stereocenters. The lowest BCUT2D eigenvalue weighted by Crippen LogP contribution is -2.59. The SMILES string of the molecule is CCC/C=C\CCCCCCCC(=O)OCC(COC1OC(CO)C(O)C(O)C1O)OC(=O)CCCCCCCCCCC/C=C\C/C=C\CCCCCCC. The van der Waals surface area contributed by atoms with Crippen LogP contribution < -0.4 is 0 Å². The van der Waals surface area contributed by atoms with Gasteiger partial charge in [-0.05, 0) is 64.2 Å². The summed E-state index contributed by atoms with van der Waals surface area (Å²) in [6.45, 7) is 3.33. The summed E-state index contributed by atoms with van der Waals surface area (Å²) in [4.78, 5) is 25.3. The molecule has 0 aliphatic carbocycles. The molecule has 10 heteroatoms. The molecule has 10 nitrogen and oxygen atoms in total. The van der Waals surface area contributed by atoms with Crippen molar-refractivity contribution in [1.29, 1.82) is 0 Å². The number of hydrogen-bond acceptors (Lipinski definition) is 10. The van der Waals surface area contributed by atoms with E-state index in [0.717, 1.165) is 70.6 Å². The summed E-state index contributed by atoms with van der Waals surface area (Å²) in [6.07, 6.45) is 34.4. The molecular formula is C46H82O10. The van der Waals surface area contributed by atoms with Crippen LogP contribution in [0.5, 0.6) is 0 Å². The third-order valence-corrected chi connectivity index (χ3v) is 10.2. The summed E-state index contributed by atoms with van der Waals surface area (Å²) in [5.41, 5.74) is 0. The molecule has 0 aromatic rings. The van der Waals surface area contributed by atoms with Crippen molar-refractivity contribution in [3.8, 4) is 0 Å². The summed E-state index contributed by atoms with van der Waals surface area (Å²) >= 11 is 0. The number of ether oxygens (including phenoxy) is 4. The molecular weight excluding hydrogens is 712 g/mol. The molecule has 0 spiro atoms. The lowest BCUT2D eigenvalue weighted by molar-refractivity contribution is -0.305. The third kappa shape index (κ3) is 28.3. The Bertz CT molecular complexity index is 1010. The number of hydrogen-bond donors (Lipinski definition) is 4. The molecule has 0 aromatic carbocycles. The molecule has 1 aliphatic rings. The Morgan fingerprint density at radius 1 is 0.554 bits per heavy atom. The molecule has 0 radical (unpaired) electrons. The summed E-state index contributed by atoms with van der Waals surface area (Å²) in [7, 11) is 0. The minimum atomic E-state index is -1.60. The highest BCUT2D eigenvalue weighted by Crippen LogP contribution is 2.22. The Morgan fingerprint density at radius 2 is 1.04 bits per heavy atom. The van der Waals surface area contributed by atoms with Crippen LogP contribution in [0.25, 0.3) is 0 Å². The molecule has 1 heterocycles. The van der Waals surface area contributed by atoms with Crippen LogP contribution in [0.4, 0.5) is 0 Å². The first-order chi connectivity index (χ1) is 27.3. The van der Waals surface area contributed by atoms with E-state index >= 15 is 0 Å². The third-order valence-electron chi connectivity index (χ3n) is 10.2. The zero-order chi connectivity index (χ0) is 40.9. The molecule has 1 saturated heterocycles. The van der Waals surface area contributed by atoms with Crippen LogP contribution in [0.3, 0.4) is 0 Å². The number of unbranched alkanes of at least 4 members (excludes halogenated alkanes) is 20. The Labute approximate surface area is 340 Å². The highest BCUT2D eigenvalue weighted by atomic mass is 16.7. The molecule has 0 aromatic heterocycles. The Kier molecular flexibility index (Phi) is 34.5. The van der Waals surface area contributed by atoms with Gasteiger partial charge in [-0.3, -0.25) is 9.59 Å². The van der Waals surface area contributed by atoms with E-state index in [1.54, 1.807) is 0 Å². The van der Waals surface area contributed by atoms with Crippen molar-refractivity contribution >= 4 is 11.9 Å². The number of carbonyl (C=O) groups is 2. The van der Waals surface area contributed by atoms with Crippen molar-refractivity contribution in [3.63, 3.8) is 0 Å². The summed E-state index contributed by atoms with van der Waals surface area (Å²) in [5, 5.41) is 40.0. The highest BCUT2D eigenvalue weighted by Gasteiger charge is 2.44. The van der Waals surface area contributed by atoms with E-state index in [9.17, 15) is 30.0 Å².